The Kier molecular flexibility index (Phi) is 13.8. The zero-order chi connectivity index (χ0) is 33.8. The fourth-order valence-electron chi connectivity index (χ4n) is 3.40. The summed E-state index contributed by atoms with van der Waals surface area (Å²) in [7, 11) is -4.79. The van der Waals surface area contributed by atoms with Crippen molar-refractivity contribution in [1.82, 2.24) is 0 Å². The Balaban J connectivity index is 0.000000343. The minimum absolute atomic E-state index is 0.00472. The minimum atomic E-state index is -4.44. The van der Waals surface area contributed by atoms with E-state index in [2.05, 4.69) is 10.1 Å². The number of nitrogens with two attached hydrogens (primary N) is 6. The molecule has 15 N–H and O–H groups in total. The number of ether oxygens (including phenoxy) is 2. The zero-order valence-electron chi connectivity index (χ0n) is 24.4. The van der Waals surface area contributed by atoms with Crippen molar-refractivity contribution in [3.63, 3.8) is 0 Å². The Bertz CT molecular complexity index is 1670. The van der Waals surface area contributed by atoms with Crippen LogP contribution < -0.4 is 44.5 Å². The summed E-state index contributed by atoms with van der Waals surface area (Å²) in [5.74, 6) is -0.0901. The quantitative estimate of drug-likeness (QED) is 0.0869. The molecule has 0 aliphatic heterocycles. The molecule has 18 heteroatoms. The van der Waals surface area contributed by atoms with Gasteiger partial charge in [-0.25, -0.2) is 13.2 Å². The Morgan fingerprint density at radius 3 is 1.98 bits per heavy atom. The van der Waals surface area contributed by atoms with Gasteiger partial charge in [0.1, 0.15) is 10.6 Å². The molecule has 0 amide bonds. The van der Waals surface area contributed by atoms with Gasteiger partial charge in [-0.1, -0.05) is 12.1 Å². The number of nitrogen functional groups attached to an aromatic ring is 6. The predicted octanol–water partition coefficient (Wildman–Crippen LogP) is 0.722. The summed E-state index contributed by atoms with van der Waals surface area (Å²) in [4.78, 5) is 10.4. The molecule has 0 saturated carbocycles. The number of rotatable bonds is 9. The Morgan fingerprint density at radius 2 is 1.45 bits per heavy atom. The third-order valence-corrected chi connectivity index (χ3v) is 8.32. The number of anilines is 7. The van der Waals surface area contributed by atoms with Crippen molar-refractivity contribution in [2.24, 2.45) is 0 Å². The lowest BCUT2D eigenvalue weighted by Crippen LogP contribution is -2.20. The average Bonchev–Trinajstić information content (AvgIpc) is 2.95. The summed E-state index contributed by atoms with van der Waals surface area (Å²) in [6, 6.07) is 11.3. The maximum absolute atomic E-state index is 11.4. The molecule has 0 saturated heterocycles. The standard InChI is InChI=1S/C12H20N2O4S.C8H9NO2.C6H10N4O3S/c1-9-7-10(13)12(18-2)8-11(9)14-3-5-19(16,17)6-4-15;1-11-8(10)6-4-2-3-5-7(6)9;7-2-1-3(14(11,12)13)5(9)6(10)4(2)8/h7-8,14-15H,3-6,13H2,1-2H3;2-5H,9H2,1H3;1H,7-10H2,(H,11,12,13). The molecule has 0 aliphatic rings. The maximum Gasteiger partial charge on any atom is 0.339 e. The molecule has 0 bridgehead atoms. The first-order valence-corrected chi connectivity index (χ1v) is 15.8. The van der Waals surface area contributed by atoms with E-state index in [4.69, 9.17) is 48.8 Å². The maximum atomic E-state index is 11.4. The fourth-order valence-corrected chi connectivity index (χ4v) is 4.96. The van der Waals surface area contributed by atoms with E-state index in [-0.39, 0.29) is 47.4 Å². The molecular weight excluding hydrogens is 618 g/mol. The lowest BCUT2D eigenvalue weighted by Gasteiger charge is -2.13. The van der Waals surface area contributed by atoms with Crippen molar-refractivity contribution in [2.75, 3.05) is 78.6 Å². The van der Waals surface area contributed by atoms with Gasteiger partial charge >= 0.3 is 5.97 Å². The van der Waals surface area contributed by atoms with Crippen LogP contribution in [0.15, 0.2) is 47.4 Å². The highest BCUT2D eigenvalue weighted by Crippen LogP contribution is 2.34. The third-order valence-electron chi connectivity index (χ3n) is 5.79. The largest absolute Gasteiger partial charge is 0.495 e. The number of aliphatic hydroxyl groups is 1. The second-order valence-corrected chi connectivity index (χ2v) is 12.7. The van der Waals surface area contributed by atoms with Crippen molar-refractivity contribution >= 4 is 65.7 Å². The van der Waals surface area contributed by atoms with E-state index in [1.165, 1.54) is 14.2 Å². The van der Waals surface area contributed by atoms with E-state index >= 15 is 0 Å². The highest BCUT2D eigenvalue weighted by atomic mass is 32.2. The van der Waals surface area contributed by atoms with Crippen LogP contribution in [0.3, 0.4) is 0 Å². The summed E-state index contributed by atoms with van der Waals surface area (Å²) >= 11 is 0. The van der Waals surface area contributed by atoms with Gasteiger partial charge in [-0.3, -0.25) is 4.55 Å². The van der Waals surface area contributed by atoms with Crippen molar-refractivity contribution in [1.29, 1.82) is 0 Å². The molecule has 0 aromatic heterocycles. The van der Waals surface area contributed by atoms with Crippen LogP contribution in [0.25, 0.3) is 0 Å². The van der Waals surface area contributed by atoms with Gasteiger partial charge in [0.15, 0.2) is 9.84 Å². The molecule has 0 spiro atoms. The van der Waals surface area contributed by atoms with Crippen LogP contribution in [0, 0.1) is 6.92 Å². The molecule has 244 valence electrons. The molecule has 0 heterocycles. The number of hydrogen-bond acceptors (Lipinski definition) is 15. The van der Waals surface area contributed by atoms with Crippen LogP contribution in [0.4, 0.5) is 39.8 Å². The van der Waals surface area contributed by atoms with Crippen LogP contribution in [0.2, 0.25) is 0 Å². The number of aliphatic hydroxyl groups excluding tert-OH is 1. The van der Waals surface area contributed by atoms with Gasteiger partial charge in [0.2, 0.25) is 0 Å². The van der Waals surface area contributed by atoms with E-state index < -0.39 is 30.8 Å². The number of benzene rings is 3. The third kappa shape index (κ3) is 10.9. The van der Waals surface area contributed by atoms with Gasteiger partial charge in [0.25, 0.3) is 10.1 Å². The number of carbonyl (C=O) groups excluding carboxylic acids is 1. The number of sulfone groups is 1. The van der Waals surface area contributed by atoms with Crippen LogP contribution in [-0.2, 0) is 24.7 Å². The van der Waals surface area contributed by atoms with Crippen LogP contribution >= 0.6 is 0 Å². The first-order valence-electron chi connectivity index (χ1n) is 12.5. The van der Waals surface area contributed by atoms with E-state index in [1.807, 2.05) is 6.92 Å². The van der Waals surface area contributed by atoms with Gasteiger partial charge in [0.05, 0.1) is 66.3 Å². The van der Waals surface area contributed by atoms with E-state index in [1.54, 1.807) is 36.4 Å². The lowest BCUT2D eigenvalue weighted by molar-refractivity contribution is 0.0602. The van der Waals surface area contributed by atoms with Crippen molar-refractivity contribution < 1.29 is 40.8 Å². The summed E-state index contributed by atoms with van der Waals surface area (Å²) in [6.45, 7) is 1.80. The van der Waals surface area contributed by atoms with Gasteiger partial charge in [0, 0.05) is 24.0 Å². The molecule has 0 aliphatic carbocycles. The SMILES string of the molecule is COC(=O)c1ccccc1N.COc1cc(NCCS(=O)(=O)CCO)c(C)cc1N.Nc1cc(S(=O)(=O)O)c(N)c(N)c1N. The highest BCUT2D eigenvalue weighted by molar-refractivity contribution is 7.91. The fraction of sp³-hybridized carbons (Fsp3) is 0.269. The van der Waals surface area contributed by atoms with Gasteiger partial charge in [-0.05, 0) is 36.8 Å². The summed E-state index contributed by atoms with van der Waals surface area (Å²) in [5, 5.41) is 11.7. The number of nitrogens with one attached hydrogen (secondary N) is 1. The number of carbonyl (C=O) groups is 1. The monoisotopic (exact) mass is 657 g/mol. The molecule has 3 aromatic carbocycles. The van der Waals surface area contributed by atoms with Crippen molar-refractivity contribution in [3.05, 3.63) is 53.6 Å². The number of methoxy groups -OCH3 is 2. The molecule has 0 atom stereocenters. The van der Waals surface area contributed by atoms with E-state index in [9.17, 15) is 21.6 Å². The summed E-state index contributed by atoms with van der Waals surface area (Å²) in [6.07, 6.45) is 0. The van der Waals surface area contributed by atoms with Crippen LogP contribution in [0.5, 0.6) is 5.75 Å². The highest BCUT2D eigenvalue weighted by Gasteiger charge is 2.19. The first-order chi connectivity index (χ1) is 20.4. The number of aryl methyl sites for hydroxylation is 1. The second-order valence-electron chi connectivity index (χ2n) is 8.97. The molecule has 0 unspecified atom stereocenters. The Morgan fingerprint density at radius 1 is 0.841 bits per heavy atom. The van der Waals surface area contributed by atoms with Crippen molar-refractivity contribution in [2.45, 2.75) is 11.8 Å². The lowest BCUT2D eigenvalue weighted by atomic mass is 10.1. The number of hydrogen-bond donors (Lipinski definition) is 9. The predicted molar refractivity (Wildman–Crippen MR) is 172 cm³/mol. The molecule has 3 rings (SSSR count). The van der Waals surface area contributed by atoms with Gasteiger partial charge in [-0.15, -0.1) is 0 Å². The molecule has 0 fully saturated rings. The van der Waals surface area contributed by atoms with Gasteiger partial charge < -0.3 is 54.3 Å². The summed E-state index contributed by atoms with van der Waals surface area (Å²) < 4.78 is 62.8. The van der Waals surface area contributed by atoms with Crippen LogP contribution in [-0.4, -0.2) is 71.3 Å². The molecule has 44 heavy (non-hydrogen) atoms. The molecule has 3 aromatic rings. The van der Waals surface area contributed by atoms with Crippen LogP contribution in [0.1, 0.15) is 15.9 Å². The van der Waals surface area contributed by atoms with E-state index in [0.717, 1.165) is 17.3 Å². The van der Waals surface area contributed by atoms with Gasteiger partial charge in [-0.2, -0.15) is 8.42 Å². The number of para-hydroxylation sites is 1. The molecular formula is C26H39N7O9S2. The van der Waals surface area contributed by atoms with E-state index in [0.29, 0.717) is 22.7 Å². The number of esters is 1. The first kappa shape index (κ1) is 37.4. The topological polar surface area (TPSA) is 312 Å². The Labute approximate surface area is 256 Å². The molecule has 16 nitrogen and oxygen atoms in total. The average molecular weight is 658 g/mol. The van der Waals surface area contributed by atoms with Crippen molar-refractivity contribution in [3.8, 4) is 5.75 Å². The summed E-state index contributed by atoms with van der Waals surface area (Å²) in [5.41, 5.74) is 35.3. The minimum Gasteiger partial charge on any atom is -0.495 e. The Hall–Kier alpha value is -4.65. The normalized spacial score (nSPS) is 10.8. The molecule has 0 radical (unpaired) electrons. The smallest absolute Gasteiger partial charge is 0.339 e. The zero-order valence-corrected chi connectivity index (χ0v) is 26.0. The second kappa shape index (κ2) is 16.3.